The lowest BCUT2D eigenvalue weighted by Gasteiger charge is -2.51. The number of rotatable bonds is 10. The molecule has 0 radical (unpaired) electrons. The van der Waals surface area contributed by atoms with Crippen molar-refractivity contribution in [2.45, 2.75) is 103 Å². The van der Waals surface area contributed by atoms with Gasteiger partial charge in [0.1, 0.15) is 0 Å². The Labute approximate surface area is 147 Å². The standard InChI is InChI=1S/C16H40O4Si3/c1-11-13-14-23(10,15(3,4)19-22(8,9)18)20-16(5,12-2)21(6,7)17/h17-18H,11-14H2,1-10H3. The average Bonchev–Trinajstić information content (AvgIpc) is 2.31. The second-order valence-corrected chi connectivity index (χ2v) is 20.3. The second-order valence-electron chi connectivity index (χ2n) is 8.64. The molecular formula is C16H40O4Si3. The molecule has 0 spiro atoms. The fourth-order valence-corrected chi connectivity index (χ4v) is 11.4. The summed E-state index contributed by atoms with van der Waals surface area (Å²) in [7, 11) is -7.51. The molecule has 0 aromatic heterocycles. The summed E-state index contributed by atoms with van der Waals surface area (Å²) in [4.78, 5) is 21.1. The van der Waals surface area contributed by atoms with Gasteiger partial charge in [-0.05, 0) is 66.0 Å². The highest BCUT2D eigenvalue weighted by atomic mass is 28.4. The molecule has 0 amide bonds. The third kappa shape index (κ3) is 6.37. The first-order valence-corrected chi connectivity index (χ1v) is 17.3. The summed E-state index contributed by atoms with van der Waals surface area (Å²) in [5, 5.41) is -0.994. The van der Waals surface area contributed by atoms with E-state index in [2.05, 4.69) is 34.2 Å². The van der Waals surface area contributed by atoms with Crippen molar-refractivity contribution in [3.8, 4) is 0 Å². The third-order valence-electron chi connectivity index (χ3n) is 5.21. The zero-order valence-corrected chi connectivity index (χ0v) is 20.0. The van der Waals surface area contributed by atoms with E-state index in [0.29, 0.717) is 0 Å². The van der Waals surface area contributed by atoms with Crippen molar-refractivity contribution in [1.82, 2.24) is 0 Å². The van der Waals surface area contributed by atoms with Crippen molar-refractivity contribution in [3.63, 3.8) is 0 Å². The van der Waals surface area contributed by atoms with E-state index in [1.165, 1.54) is 0 Å². The summed E-state index contributed by atoms with van der Waals surface area (Å²) in [6.07, 6.45) is 2.97. The fourth-order valence-electron chi connectivity index (χ4n) is 2.85. The predicted octanol–water partition coefficient (Wildman–Crippen LogP) is 4.31. The van der Waals surface area contributed by atoms with Gasteiger partial charge >= 0.3 is 8.56 Å². The van der Waals surface area contributed by atoms with E-state index >= 15 is 0 Å². The van der Waals surface area contributed by atoms with Gasteiger partial charge in [0.25, 0.3) is 0 Å². The van der Waals surface area contributed by atoms with Gasteiger partial charge in [0.2, 0.25) is 16.6 Å². The van der Waals surface area contributed by atoms with Crippen LogP contribution in [0, 0.1) is 0 Å². The molecule has 0 saturated carbocycles. The predicted molar refractivity (Wildman–Crippen MR) is 106 cm³/mol. The summed E-state index contributed by atoms with van der Waals surface area (Å²) in [5.74, 6) is 0. The van der Waals surface area contributed by atoms with Crippen molar-refractivity contribution >= 4 is 25.2 Å². The highest BCUT2D eigenvalue weighted by molar-refractivity contribution is 6.79. The minimum atomic E-state index is -2.67. The van der Waals surface area contributed by atoms with Crippen LogP contribution in [-0.4, -0.2) is 45.2 Å². The monoisotopic (exact) mass is 380 g/mol. The lowest BCUT2D eigenvalue weighted by atomic mass is 10.3. The smallest absolute Gasteiger partial charge is 0.329 e. The zero-order chi connectivity index (χ0) is 18.7. The molecule has 140 valence electrons. The molecule has 2 N–H and O–H groups in total. The van der Waals surface area contributed by atoms with Crippen LogP contribution < -0.4 is 0 Å². The minimum absolute atomic E-state index is 0.497. The van der Waals surface area contributed by atoms with Gasteiger partial charge in [-0.1, -0.05) is 26.7 Å². The van der Waals surface area contributed by atoms with E-state index in [0.717, 1.165) is 25.3 Å². The Bertz CT molecular complexity index is 377. The first-order chi connectivity index (χ1) is 10.0. The maximum atomic E-state index is 10.8. The van der Waals surface area contributed by atoms with Crippen molar-refractivity contribution < 1.29 is 18.4 Å². The average molecular weight is 381 g/mol. The molecule has 0 aliphatic carbocycles. The number of hydrogen-bond donors (Lipinski definition) is 2. The molecule has 0 fully saturated rings. The third-order valence-corrected chi connectivity index (χ3v) is 14.5. The van der Waals surface area contributed by atoms with E-state index in [1.807, 2.05) is 20.0 Å². The number of unbranched alkanes of at least 4 members (excludes halogenated alkanes) is 1. The molecule has 0 saturated heterocycles. The Morgan fingerprint density at radius 1 is 0.870 bits per heavy atom. The summed E-state index contributed by atoms with van der Waals surface area (Å²) >= 11 is 0. The highest BCUT2D eigenvalue weighted by Crippen LogP contribution is 2.39. The van der Waals surface area contributed by atoms with Crippen molar-refractivity contribution in [2.75, 3.05) is 0 Å². The maximum absolute atomic E-state index is 10.8. The molecule has 4 nitrogen and oxygen atoms in total. The second kappa shape index (κ2) is 7.80. The van der Waals surface area contributed by atoms with Crippen molar-refractivity contribution in [1.29, 1.82) is 0 Å². The molecule has 0 aliphatic heterocycles. The summed E-state index contributed by atoms with van der Waals surface area (Å²) in [6.45, 7) is 20.1. The molecule has 2 unspecified atom stereocenters. The van der Waals surface area contributed by atoms with Gasteiger partial charge in [0.05, 0.1) is 10.4 Å². The summed E-state index contributed by atoms with van der Waals surface area (Å²) in [6, 6.07) is 0.973. The van der Waals surface area contributed by atoms with Crippen molar-refractivity contribution in [2.24, 2.45) is 0 Å². The summed E-state index contributed by atoms with van der Waals surface area (Å²) in [5.41, 5.74) is 0. The Kier molecular flexibility index (Phi) is 7.97. The normalized spacial score (nSPS) is 19.3. The van der Waals surface area contributed by atoms with Crippen LogP contribution in [0.25, 0.3) is 0 Å². The Hall–Kier alpha value is 0.491. The van der Waals surface area contributed by atoms with Crippen LogP contribution in [-0.2, 0) is 8.85 Å². The molecule has 0 bridgehead atoms. The lowest BCUT2D eigenvalue weighted by Crippen LogP contribution is -2.67. The quantitative estimate of drug-likeness (QED) is 0.554. The Morgan fingerprint density at radius 3 is 1.65 bits per heavy atom. The minimum Gasteiger partial charge on any atom is -0.429 e. The highest BCUT2D eigenvalue weighted by Gasteiger charge is 2.54. The van der Waals surface area contributed by atoms with E-state index in [4.69, 9.17) is 8.85 Å². The Morgan fingerprint density at radius 2 is 1.35 bits per heavy atom. The van der Waals surface area contributed by atoms with Crippen LogP contribution in [0.5, 0.6) is 0 Å². The molecule has 0 aromatic rings. The first-order valence-electron chi connectivity index (χ1n) is 8.89. The van der Waals surface area contributed by atoms with Crippen LogP contribution in [0.15, 0.2) is 0 Å². The van der Waals surface area contributed by atoms with Gasteiger partial charge in [-0.3, -0.25) is 0 Å². The van der Waals surface area contributed by atoms with E-state index in [1.54, 1.807) is 13.1 Å². The first kappa shape index (κ1) is 23.5. The van der Waals surface area contributed by atoms with Gasteiger partial charge in [0, 0.05) is 0 Å². The molecule has 0 aromatic carbocycles. The summed E-state index contributed by atoms with van der Waals surface area (Å²) < 4.78 is 12.9. The van der Waals surface area contributed by atoms with Crippen LogP contribution in [0.2, 0.25) is 38.8 Å². The van der Waals surface area contributed by atoms with Crippen LogP contribution in [0.3, 0.4) is 0 Å². The van der Waals surface area contributed by atoms with Crippen LogP contribution in [0.1, 0.15) is 53.9 Å². The van der Waals surface area contributed by atoms with Crippen LogP contribution in [0.4, 0.5) is 0 Å². The molecule has 2 atom stereocenters. The maximum Gasteiger partial charge on any atom is 0.329 e. The van der Waals surface area contributed by atoms with Crippen molar-refractivity contribution in [3.05, 3.63) is 0 Å². The van der Waals surface area contributed by atoms with Gasteiger partial charge < -0.3 is 18.4 Å². The Balaban J connectivity index is 5.73. The molecular weight excluding hydrogens is 340 g/mol. The van der Waals surface area contributed by atoms with Gasteiger partial charge in [0.15, 0.2) is 0 Å². The fraction of sp³-hybridized carbons (Fsp3) is 1.00. The van der Waals surface area contributed by atoms with E-state index in [9.17, 15) is 9.59 Å². The van der Waals surface area contributed by atoms with E-state index in [-0.39, 0.29) is 0 Å². The van der Waals surface area contributed by atoms with Gasteiger partial charge in [-0.2, -0.15) is 0 Å². The molecule has 7 heteroatoms. The van der Waals surface area contributed by atoms with Gasteiger partial charge in [-0.15, -0.1) is 0 Å². The largest absolute Gasteiger partial charge is 0.429 e. The molecule has 0 aliphatic rings. The zero-order valence-electron chi connectivity index (χ0n) is 17.0. The molecule has 0 rings (SSSR count). The SMILES string of the molecule is CCCC[Si](C)(OC(C)(CC)[Si](C)(C)O)C(C)(C)O[Si](C)(C)O. The van der Waals surface area contributed by atoms with Crippen LogP contribution >= 0.6 is 0 Å². The van der Waals surface area contributed by atoms with Gasteiger partial charge in [-0.25, -0.2) is 0 Å². The number of hydrogen-bond acceptors (Lipinski definition) is 4. The van der Waals surface area contributed by atoms with E-state index < -0.39 is 35.6 Å². The molecule has 0 heterocycles. The molecule has 23 heavy (non-hydrogen) atoms. The topological polar surface area (TPSA) is 58.9 Å². The lowest BCUT2D eigenvalue weighted by molar-refractivity contribution is 0.0644.